The molecule has 0 radical (unpaired) electrons. The van der Waals surface area contributed by atoms with Crippen molar-refractivity contribution in [2.24, 2.45) is 0 Å². The van der Waals surface area contributed by atoms with E-state index in [1.807, 2.05) is 38.1 Å². The highest BCUT2D eigenvalue weighted by Crippen LogP contribution is 2.39. The average molecular weight is 373 g/mol. The number of methoxy groups -OCH3 is 1. The number of carbonyl (C=O) groups is 2. The second-order valence-corrected chi connectivity index (χ2v) is 7.48. The van der Waals surface area contributed by atoms with Crippen molar-refractivity contribution in [3.05, 3.63) is 45.8 Å². The van der Waals surface area contributed by atoms with Crippen molar-refractivity contribution in [1.29, 1.82) is 0 Å². The molecule has 1 unspecified atom stereocenters. The maximum atomic E-state index is 12.7. The molecule has 0 aliphatic heterocycles. The highest BCUT2D eigenvalue weighted by atomic mass is 32.1. The summed E-state index contributed by atoms with van der Waals surface area (Å²) in [5, 5.41) is 3.46. The van der Waals surface area contributed by atoms with Gasteiger partial charge in [0.1, 0.15) is 10.8 Å². The zero-order valence-electron chi connectivity index (χ0n) is 15.3. The molecule has 138 valence electrons. The van der Waals surface area contributed by atoms with Gasteiger partial charge in [-0.1, -0.05) is 24.6 Å². The summed E-state index contributed by atoms with van der Waals surface area (Å²) in [6, 6.07) is 7.59. The fraction of sp³-hybridized carbons (Fsp3) is 0.400. The minimum Gasteiger partial charge on any atom is -0.481 e. The van der Waals surface area contributed by atoms with Crippen LogP contribution in [0.1, 0.15) is 46.1 Å². The van der Waals surface area contributed by atoms with Gasteiger partial charge in [0.15, 0.2) is 6.10 Å². The van der Waals surface area contributed by atoms with E-state index in [-0.39, 0.29) is 5.91 Å². The second-order valence-electron chi connectivity index (χ2n) is 6.37. The number of aryl methyl sites for hydroxylation is 2. The van der Waals surface area contributed by atoms with Crippen LogP contribution in [0.2, 0.25) is 0 Å². The van der Waals surface area contributed by atoms with Gasteiger partial charge in [-0.05, 0) is 50.3 Å². The minimum atomic E-state index is -0.625. The number of ether oxygens (including phenoxy) is 2. The maximum Gasteiger partial charge on any atom is 0.341 e. The molecule has 1 aliphatic rings. The van der Waals surface area contributed by atoms with E-state index < -0.39 is 12.1 Å². The van der Waals surface area contributed by atoms with Gasteiger partial charge in [-0.2, -0.15) is 0 Å². The molecule has 1 amide bonds. The Kier molecular flexibility index (Phi) is 5.61. The lowest BCUT2D eigenvalue weighted by molar-refractivity contribution is -0.122. The topological polar surface area (TPSA) is 64.6 Å². The molecule has 5 nitrogen and oxygen atoms in total. The smallest absolute Gasteiger partial charge is 0.341 e. The first kappa shape index (κ1) is 18.5. The van der Waals surface area contributed by atoms with Gasteiger partial charge in [0, 0.05) is 4.88 Å². The SMILES string of the molecule is CCC(Oc1ccc(C)cc1)C(=O)Nc1sc2c(c1C(=O)OC)CCC2. The maximum absolute atomic E-state index is 12.7. The van der Waals surface area contributed by atoms with E-state index in [2.05, 4.69) is 5.32 Å². The summed E-state index contributed by atoms with van der Waals surface area (Å²) in [5.41, 5.74) is 2.65. The number of fused-ring (bicyclic) bond motifs is 1. The van der Waals surface area contributed by atoms with E-state index >= 15 is 0 Å². The van der Waals surface area contributed by atoms with Crippen LogP contribution in [0.5, 0.6) is 5.75 Å². The Hall–Kier alpha value is -2.34. The summed E-state index contributed by atoms with van der Waals surface area (Å²) in [6.45, 7) is 3.90. The van der Waals surface area contributed by atoms with Crippen molar-refractivity contribution in [3.8, 4) is 5.75 Å². The molecule has 2 aromatic rings. The number of benzene rings is 1. The summed E-state index contributed by atoms with van der Waals surface area (Å²) in [4.78, 5) is 26.1. The Morgan fingerprint density at radius 3 is 2.62 bits per heavy atom. The quantitative estimate of drug-likeness (QED) is 0.774. The van der Waals surface area contributed by atoms with Crippen LogP contribution < -0.4 is 10.1 Å². The van der Waals surface area contributed by atoms with Gasteiger partial charge in [0.25, 0.3) is 5.91 Å². The molecule has 1 aliphatic carbocycles. The number of carbonyl (C=O) groups excluding carboxylic acids is 2. The third kappa shape index (κ3) is 3.75. The molecule has 1 N–H and O–H groups in total. The number of thiophene rings is 1. The Bertz CT molecular complexity index is 810. The summed E-state index contributed by atoms with van der Waals surface area (Å²) < 4.78 is 10.8. The third-order valence-electron chi connectivity index (χ3n) is 4.51. The molecule has 0 saturated heterocycles. The summed E-state index contributed by atoms with van der Waals surface area (Å²) >= 11 is 1.47. The fourth-order valence-electron chi connectivity index (χ4n) is 3.11. The van der Waals surface area contributed by atoms with Crippen LogP contribution in [0.4, 0.5) is 5.00 Å². The predicted octanol–water partition coefficient (Wildman–Crippen LogP) is 4.13. The lowest BCUT2D eigenvalue weighted by Crippen LogP contribution is -2.32. The van der Waals surface area contributed by atoms with Crippen LogP contribution in [-0.4, -0.2) is 25.1 Å². The van der Waals surface area contributed by atoms with Crippen LogP contribution in [0.15, 0.2) is 24.3 Å². The van der Waals surface area contributed by atoms with Crippen molar-refractivity contribution >= 4 is 28.2 Å². The van der Waals surface area contributed by atoms with Crippen LogP contribution in [-0.2, 0) is 22.4 Å². The van der Waals surface area contributed by atoms with E-state index in [9.17, 15) is 9.59 Å². The minimum absolute atomic E-state index is 0.252. The third-order valence-corrected chi connectivity index (χ3v) is 5.72. The van der Waals surface area contributed by atoms with Crippen LogP contribution in [0, 0.1) is 6.92 Å². The largest absolute Gasteiger partial charge is 0.481 e. The van der Waals surface area contributed by atoms with Gasteiger partial charge in [0.2, 0.25) is 0 Å². The lowest BCUT2D eigenvalue weighted by Gasteiger charge is -2.17. The highest BCUT2D eigenvalue weighted by molar-refractivity contribution is 7.17. The standard InChI is InChI=1S/C20H23NO4S/c1-4-15(25-13-10-8-12(2)9-11-13)18(22)21-19-17(20(23)24-3)14-6-5-7-16(14)26-19/h8-11,15H,4-7H2,1-3H3,(H,21,22). The lowest BCUT2D eigenvalue weighted by atomic mass is 10.1. The molecular weight excluding hydrogens is 350 g/mol. The Balaban J connectivity index is 1.78. The van der Waals surface area contributed by atoms with Gasteiger partial charge in [-0.25, -0.2) is 4.79 Å². The van der Waals surface area contributed by atoms with Gasteiger partial charge in [-0.15, -0.1) is 11.3 Å². The van der Waals surface area contributed by atoms with Gasteiger partial charge in [0.05, 0.1) is 12.7 Å². The predicted molar refractivity (Wildman–Crippen MR) is 102 cm³/mol. The molecule has 1 aromatic heterocycles. The van der Waals surface area contributed by atoms with Crippen molar-refractivity contribution in [3.63, 3.8) is 0 Å². The van der Waals surface area contributed by atoms with Gasteiger partial charge in [-0.3, -0.25) is 4.79 Å². The molecule has 1 atom stereocenters. The number of esters is 1. The molecule has 0 fully saturated rings. The zero-order valence-corrected chi connectivity index (χ0v) is 16.1. The van der Waals surface area contributed by atoms with Crippen LogP contribution in [0.25, 0.3) is 0 Å². The number of rotatable bonds is 6. The van der Waals surface area contributed by atoms with E-state index in [1.54, 1.807) is 0 Å². The van der Waals surface area contributed by atoms with E-state index in [4.69, 9.17) is 9.47 Å². The van der Waals surface area contributed by atoms with Gasteiger partial charge >= 0.3 is 5.97 Å². The van der Waals surface area contributed by atoms with Crippen LogP contribution in [0.3, 0.4) is 0 Å². The Morgan fingerprint density at radius 2 is 1.96 bits per heavy atom. The number of nitrogens with one attached hydrogen (secondary N) is 1. The van der Waals surface area contributed by atoms with Crippen molar-refractivity contribution < 1.29 is 19.1 Å². The first-order valence-corrected chi connectivity index (χ1v) is 9.62. The molecular formula is C20H23NO4S. The number of anilines is 1. The molecule has 3 rings (SSSR count). The summed E-state index contributed by atoms with van der Waals surface area (Å²) in [7, 11) is 1.36. The number of amides is 1. The molecule has 1 heterocycles. The number of hydrogen-bond acceptors (Lipinski definition) is 5. The second kappa shape index (κ2) is 7.91. The van der Waals surface area contributed by atoms with E-state index in [0.29, 0.717) is 22.7 Å². The first-order valence-electron chi connectivity index (χ1n) is 8.80. The molecule has 0 spiro atoms. The van der Waals surface area contributed by atoms with Crippen molar-refractivity contribution in [2.75, 3.05) is 12.4 Å². The molecule has 6 heteroatoms. The monoisotopic (exact) mass is 373 g/mol. The van der Waals surface area contributed by atoms with Gasteiger partial charge < -0.3 is 14.8 Å². The van der Waals surface area contributed by atoms with E-state index in [0.717, 1.165) is 35.3 Å². The fourth-order valence-corrected chi connectivity index (χ4v) is 4.39. The Labute approximate surface area is 157 Å². The van der Waals surface area contributed by atoms with Crippen molar-refractivity contribution in [2.45, 2.75) is 45.6 Å². The number of hydrogen-bond donors (Lipinski definition) is 1. The van der Waals surface area contributed by atoms with E-state index in [1.165, 1.54) is 18.4 Å². The molecule has 0 bridgehead atoms. The normalized spacial score (nSPS) is 13.8. The average Bonchev–Trinajstić information content (AvgIpc) is 3.21. The summed E-state index contributed by atoms with van der Waals surface area (Å²) in [5.74, 6) is 0.00446. The molecule has 0 saturated carbocycles. The zero-order chi connectivity index (χ0) is 18.7. The molecule has 1 aromatic carbocycles. The van der Waals surface area contributed by atoms with Crippen LogP contribution >= 0.6 is 11.3 Å². The van der Waals surface area contributed by atoms with Crippen molar-refractivity contribution in [1.82, 2.24) is 0 Å². The first-order chi connectivity index (χ1) is 12.5. The Morgan fingerprint density at radius 1 is 1.23 bits per heavy atom. The summed E-state index contributed by atoms with van der Waals surface area (Å²) in [6.07, 6.45) is 2.73. The highest BCUT2D eigenvalue weighted by Gasteiger charge is 2.29. The molecule has 26 heavy (non-hydrogen) atoms.